The van der Waals surface area contributed by atoms with E-state index >= 15 is 0 Å². The minimum absolute atomic E-state index is 0.136. The topological polar surface area (TPSA) is 81.9 Å². The van der Waals surface area contributed by atoms with Gasteiger partial charge in [-0.2, -0.15) is 0 Å². The smallest absolute Gasteiger partial charge is 0.231 e. The van der Waals surface area contributed by atoms with Gasteiger partial charge in [-0.25, -0.2) is 8.42 Å². The van der Waals surface area contributed by atoms with Gasteiger partial charge < -0.3 is 20.1 Å². The normalized spacial score (nSPS) is 15.6. The number of fused-ring (bicyclic) bond motifs is 1. The van der Waals surface area contributed by atoms with E-state index in [2.05, 4.69) is 0 Å². The third-order valence-electron chi connectivity index (χ3n) is 3.18. The van der Waals surface area contributed by atoms with E-state index in [1.54, 1.807) is 0 Å². The van der Waals surface area contributed by atoms with Gasteiger partial charge in [0.05, 0.1) is 5.75 Å². The van der Waals surface area contributed by atoms with Crippen molar-refractivity contribution >= 4 is 9.84 Å². The molecule has 1 aliphatic rings. The van der Waals surface area contributed by atoms with Crippen LogP contribution in [0.3, 0.4) is 0 Å². The first-order chi connectivity index (χ1) is 9.35. The van der Waals surface area contributed by atoms with Crippen molar-refractivity contribution in [3.63, 3.8) is 0 Å². The zero-order valence-electron chi connectivity index (χ0n) is 11.7. The Labute approximate surface area is 119 Å². The molecule has 112 valence electrons. The number of likely N-dealkylation sites (N-methyl/N-ethyl adjacent to an activating group) is 1. The average Bonchev–Trinajstić information content (AvgIpc) is 2.82. The molecule has 0 amide bonds. The summed E-state index contributed by atoms with van der Waals surface area (Å²) in [6, 6.07) is 5.42. The minimum atomic E-state index is -2.95. The third-order valence-corrected chi connectivity index (χ3v) is 4.10. The second-order valence-electron chi connectivity index (χ2n) is 5.11. The molecule has 1 aromatic rings. The van der Waals surface area contributed by atoms with E-state index in [0.717, 1.165) is 11.3 Å². The molecule has 0 aliphatic carbocycles. The molecular weight excluding hydrogens is 280 g/mol. The first kappa shape index (κ1) is 15.1. The molecule has 7 heteroatoms. The number of sulfone groups is 1. The molecule has 20 heavy (non-hydrogen) atoms. The Hall–Kier alpha value is -1.31. The zero-order chi connectivity index (χ0) is 14.8. The van der Waals surface area contributed by atoms with Gasteiger partial charge in [0, 0.05) is 25.4 Å². The van der Waals surface area contributed by atoms with Crippen LogP contribution in [0, 0.1) is 0 Å². The molecule has 0 bridgehead atoms. The van der Waals surface area contributed by atoms with Crippen molar-refractivity contribution in [1.82, 2.24) is 4.90 Å². The molecular formula is C13H20N2O4S. The van der Waals surface area contributed by atoms with Gasteiger partial charge in [-0.1, -0.05) is 6.07 Å². The summed E-state index contributed by atoms with van der Waals surface area (Å²) in [5.41, 5.74) is 7.09. The Bertz CT molecular complexity index is 574. The Kier molecular flexibility index (Phi) is 4.52. The fourth-order valence-electron chi connectivity index (χ4n) is 2.00. The molecule has 0 saturated heterocycles. The molecule has 1 atom stereocenters. The van der Waals surface area contributed by atoms with Crippen LogP contribution < -0.4 is 15.2 Å². The molecule has 2 rings (SSSR count). The van der Waals surface area contributed by atoms with Crippen LogP contribution in [0.4, 0.5) is 0 Å². The van der Waals surface area contributed by atoms with Crippen molar-refractivity contribution in [2.45, 2.75) is 6.04 Å². The third kappa shape index (κ3) is 4.09. The maximum atomic E-state index is 11.1. The van der Waals surface area contributed by atoms with Crippen molar-refractivity contribution in [1.29, 1.82) is 0 Å². The number of hydrogen-bond donors (Lipinski definition) is 1. The van der Waals surface area contributed by atoms with Crippen LogP contribution in [-0.4, -0.2) is 52.3 Å². The van der Waals surface area contributed by atoms with Crippen molar-refractivity contribution in [3.8, 4) is 11.5 Å². The van der Waals surface area contributed by atoms with Gasteiger partial charge in [0.2, 0.25) is 6.79 Å². The van der Waals surface area contributed by atoms with Crippen LogP contribution >= 0.6 is 0 Å². The molecule has 1 heterocycles. The molecule has 1 aliphatic heterocycles. The van der Waals surface area contributed by atoms with E-state index in [1.165, 1.54) is 6.26 Å². The zero-order valence-corrected chi connectivity index (χ0v) is 12.5. The highest BCUT2D eigenvalue weighted by atomic mass is 32.2. The van der Waals surface area contributed by atoms with Gasteiger partial charge in [-0.3, -0.25) is 0 Å². The van der Waals surface area contributed by atoms with Gasteiger partial charge in [-0.15, -0.1) is 0 Å². The lowest BCUT2D eigenvalue weighted by molar-refractivity contribution is 0.174. The Morgan fingerprint density at radius 2 is 2.05 bits per heavy atom. The first-order valence-corrected chi connectivity index (χ1v) is 8.42. The Morgan fingerprint density at radius 1 is 1.35 bits per heavy atom. The van der Waals surface area contributed by atoms with Crippen LogP contribution in [0.2, 0.25) is 0 Å². The minimum Gasteiger partial charge on any atom is -0.454 e. The highest BCUT2D eigenvalue weighted by Gasteiger charge is 2.17. The van der Waals surface area contributed by atoms with Crippen molar-refractivity contribution in [2.75, 3.05) is 38.9 Å². The van der Waals surface area contributed by atoms with E-state index in [0.29, 0.717) is 18.8 Å². The van der Waals surface area contributed by atoms with Gasteiger partial charge in [-0.05, 0) is 24.7 Å². The second kappa shape index (κ2) is 5.99. The number of hydrogen-bond acceptors (Lipinski definition) is 6. The SMILES string of the molecule is CN(CCS(C)(=O)=O)CC(N)c1ccc2c(c1)OCO2. The summed E-state index contributed by atoms with van der Waals surface area (Å²) in [5.74, 6) is 1.57. The van der Waals surface area contributed by atoms with Crippen molar-refractivity contribution < 1.29 is 17.9 Å². The number of benzene rings is 1. The highest BCUT2D eigenvalue weighted by molar-refractivity contribution is 7.90. The fraction of sp³-hybridized carbons (Fsp3) is 0.538. The lowest BCUT2D eigenvalue weighted by Gasteiger charge is -2.21. The van der Waals surface area contributed by atoms with E-state index in [1.807, 2.05) is 30.1 Å². The summed E-state index contributed by atoms with van der Waals surface area (Å²) < 4.78 is 32.8. The van der Waals surface area contributed by atoms with Crippen LogP contribution in [-0.2, 0) is 9.84 Å². The van der Waals surface area contributed by atoms with Crippen molar-refractivity contribution in [3.05, 3.63) is 23.8 Å². The monoisotopic (exact) mass is 300 g/mol. The Balaban J connectivity index is 1.92. The molecule has 0 aromatic heterocycles. The molecule has 1 unspecified atom stereocenters. The quantitative estimate of drug-likeness (QED) is 0.818. The molecule has 0 radical (unpaired) electrons. The fourth-order valence-corrected chi connectivity index (χ4v) is 2.64. The Morgan fingerprint density at radius 3 is 2.75 bits per heavy atom. The van der Waals surface area contributed by atoms with Crippen LogP contribution in [0.15, 0.2) is 18.2 Å². The lowest BCUT2D eigenvalue weighted by atomic mass is 10.1. The second-order valence-corrected chi connectivity index (χ2v) is 7.37. The van der Waals surface area contributed by atoms with Crippen LogP contribution in [0.5, 0.6) is 11.5 Å². The summed E-state index contributed by atoms with van der Waals surface area (Å²) in [5, 5.41) is 0. The maximum absolute atomic E-state index is 11.1. The molecule has 0 saturated carbocycles. The van der Waals surface area contributed by atoms with Crippen molar-refractivity contribution in [2.24, 2.45) is 5.73 Å². The maximum Gasteiger partial charge on any atom is 0.231 e. The molecule has 1 aromatic carbocycles. The van der Waals surface area contributed by atoms with Gasteiger partial charge in [0.1, 0.15) is 9.84 Å². The van der Waals surface area contributed by atoms with E-state index in [-0.39, 0.29) is 18.6 Å². The summed E-state index contributed by atoms with van der Waals surface area (Å²) in [7, 11) is -1.09. The van der Waals surface area contributed by atoms with Gasteiger partial charge >= 0.3 is 0 Å². The summed E-state index contributed by atoms with van der Waals surface area (Å²) >= 11 is 0. The molecule has 0 fully saturated rings. The average molecular weight is 300 g/mol. The molecule has 6 nitrogen and oxygen atoms in total. The first-order valence-electron chi connectivity index (χ1n) is 6.36. The van der Waals surface area contributed by atoms with E-state index in [4.69, 9.17) is 15.2 Å². The van der Waals surface area contributed by atoms with Crippen LogP contribution in [0.1, 0.15) is 11.6 Å². The predicted molar refractivity (Wildman–Crippen MR) is 76.7 cm³/mol. The number of rotatable bonds is 6. The molecule has 2 N–H and O–H groups in total. The largest absolute Gasteiger partial charge is 0.454 e. The van der Waals surface area contributed by atoms with Gasteiger partial charge in [0.15, 0.2) is 11.5 Å². The van der Waals surface area contributed by atoms with E-state index < -0.39 is 9.84 Å². The summed E-state index contributed by atoms with van der Waals surface area (Å²) in [6.07, 6.45) is 1.23. The number of nitrogens with two attached hydrogens (primary N) is 1. The highest BCUT2D eigenvalue weighted by Crippen LogP contribution is 2.33. The lowest BCUT2D eigenvalue weighted by Crippen LogP contribution is -2.32. The summed E-state index contributed by atoms with van der Waals surface area (Å²) in [6.45, 7) is 1.29. The number of nitrogens with zero attached hydrogens (tertiary/aromatic N) is 1. The standard InChI is InChI=1S/C13H20N2O4S/c1-15(5-6-20(2,16)17)8-11(14)10-3-4-12-13(7-10)19-9-18-12/h3-4,7,11H,5-6,8-9,14H2,1-2H3. The van der Waals surface area contributed by atoms with Crippen LogP contribution in [0.25, 0.3) is 0 Å². The molecule has 0 spiro atoms. The predicted octanol–water partition coefficient (Wildman–Crippen LogP) is 0.392. The summed E-state index contributed by atoms with van der Waals surface area (Å²) in [4.78, 5) is 1.91. The number of ether oxygens (including phenoxy) is 2. The van der Waals surface area contributed by atoms with Gasteiger partial charge in [0.25, 0.3) is 0 Å². The van der Waals surface area contributed by atoms with E-state index in [9.17, 15) is 8.42 Å².